The average Bonchev–Trinajstić information content (AvgIpc) is 3.28. The zero-order chi connectivity index (χ0) is 15.8. The van der Waals surface area contributed by atoms with Gasteiger partial charge in [-0.2, -0.15) is 5.10 Å². The molecule has 2 saturated carbocycles. The van der Waals surface area contributed by atoms with E-state index in [1.165, 1.54) is 0 Å². The van der Waals surface area contributed by atoms with Gasteiger partial charge in [0.2, 0.25) is 0 Å². The molecular weight excluding hydrogens is 294 g/mol. The van der Waals surface area contributed by atoms with Gasteiger partial charge in [-0.1, -0.05) is 30.3 Å². The molecule has 2 atom stereocenters. The van der Waals surface area contributed by atoms with Crippen molar-refractivity contribution in [1.82, 2.24) is 9.78 Å². The van der Waals surface area contributed by atoms with Crippen LogP contribution < -0.4 is 0 Å². The van der Waals surface area contributed by atoms with Gasteiger partial charge in [0.25, 0.3) is 0 Å². The van der Waals surface area contributed by atoms with Crippen molar-refractivity contribution in [3.63, 3.8) is 0 Å². The van der Waals surface area contributed by atoms with Crippen molar-refractivity contribution in [2.75, 3.05) is 0 Å². The summed E-state index contributed by atoms with van der Waals surface area (Å²) in [5, 5.41) is 15.7. The third-order valence-electron chi connectivity index (χ3n) is 4.72. The molecule has 0 amide bonds. The van der Waals surface area contributed by atoms with Gasteiger partial charge in [-0.3, -0.25) is 14.8 Å². The lowest BCUT2D eigenvalue weighted by Gasteiger charge is -2.36. The van der Waals surface area contributed by atoms with Gasteiger partial charge < -0.3 is 4.74 Å². The van der Waals surface area contributed by atoms with Crippen LogP contribution in [0.15, 0.2) is 36.5 Å². The lowest BCUT2D eigenvalue weighted by molar-refractivity contribution is -0.385. The smallest absolute Gasteiger partial charge is 0.310 e. The number of hydrogen-bond acceptors (Lipinski definition) is 4. The topological polar surface area (TPSA) is 70.2 Å². The van der Waals surface area contributed by atoms with Gasteiger partial charge in [0.1, 0.15) is 11.9 Å². The lowest BCUT2D eigenvalue weighted by atomic mass is 9.89. The summed E-state index contributed by atoms with van der Waals surface area (Å²) in [5.74, 6) is 0.278. The monoisotopic (exact) mass is 313 g/mol. The molecule has 2 unspecified atom stereocenters. The van der Waals surface area contributed by atoms with Crippen LogP contribution in [0.5, 0.6) is 0 Å². The van der Waals surface area contributed by atoms with Crippen molar-refractivity contribution in [2.24, 2.45) is 0 Å². The Bertz CT molecular complexity index is 709. The van der Waals surface area contributed by atoms with Gasteiger partial charge >= 0.3 is 5.69 Å². The Labute approximate surface area is 134 Å². The van der Waals surface area contributed by atoms with Crippen molar-refractivity contribution in [3.8, 4) is 0 Å². The second-order valence-electron chi connectivity index (χ2n) is 6.39. The van der Waals surface area contributed by atoms with Crippen molar-refractivity contribution < 1.29 is 9.66 Å². The molecule has 120 valence electrons. The molecule has 0 spiro atoms. The first kappa shape index (κ1) is 14.4. The maximum atomic E-state index is 11.2. The molecule has 2 aliphatic carbocycles. The van der Waals surface area contributed by atoms with Gasteiger partial charge in [0.15, 0.2) is 0 Å². The molecule has 6 heteroatoms. The quantitative estimate of drug-likeness (QED) is 0.603. The van der Waals surface area contributed by atoms with E-state index in [0.717, 1.165) is 31.2 Å². The molecule has 0 saturated heterocycles. The molecule has 1 aromatic heterocycles. The Morgan fingerprint density at radius 2 is 2.00 bits per heavy atom. The summed E-state index contributed by atoms with van der Waals surface area (Å²) in [6, 6.07) is 10.2. The number of benzene rings is 1. The predicted octanol–water partition coefficient (Wildman–Crippen LogP) is 3.59. The van der Waals surface area contributed by atoms with E-state index in [-0.39, 0.29) is 28.7 Å². The van der Waals surface area contributed by atoms with Crippen LogP contribution in [0.2, 0.25) is 0 Å². The summed E-state index contributed by atoms with van der Waals surface area (Å²) >= 11 is 0. The molecule has 0 radical (unpaired) electrons. The van der Waals surface area contributed by atoms with Crippen molar-refractivity contribution in [3.05, 3.63) is 57.9 Å². The molecule has 2 fully saturated rings. The molecule has 2 aromatic rings. The third kappa shape index (κ3) is 2.86. The van der Waals surface area contributed by atoms with Crippen LogP contribution in [-0.2, 0) is 11.3 Å². The summed E-state index contributed by atoms with van der Waals surface area (Å²) in [4.78, 5) is 10.9. The second-order valence-corrected chi connectivity index (χ2v) is 6.39. The van der Waals surface area contributed by atoms with Gasteiger partial charge in [-0.05, 0) is 31.2 Å². The van der Waals surface area contributed by atoms with E-state index < -0.39 is 0 Å². The highest BCUT2D eigenvalue weighted by Crippen LogP contribution is 2.44. The molecule has 23 heavy (non-hydrogen) atoms. The van der Waals surface area contributed by atoms with E-state index in [4.69, 9.17) is 4.74 Å². The third-order valence-corrected chi connectivity index (χ3v) is 4.72. The lowest BCUT2D eigenvalue weighted by Crippen LogP contribution is -2.36. The zero-order valence-corrected chi connectivity index (χ0v) is 12.8. The minimum Gasteiger partial charge on any atom is -0.371 e. The molecule has 0 bridgehead atoms. The molecule has 0 N–H and O–H groups in total. The summed E-state index contributed by atoms with van der Waals surface area (Å²) in [5.41, 5.74) is 1.97. The number of nitrogens with zero attached hydrogens (tertiary/aromatic N) is 3. The van der Waals surface area contributed by atoms with Gasteiger partial charge in [0.05, 0.1) is 23.7 Å². The minimum absolute atomic E-state index is 0.0850. The van der Waals surface area contributed by atoms with Crippen LogP contribution in [0.1, 0.15) is 48.9 Å². The Morgan fingerprint density at radius 1 is 1.22 bits per heavy atom. The van der Waals surface area contributed by atoms with E-state index in [0.29, 0.717) is 12.3 Å². The molecule has 0 aliphatic heterocycles. The van der Waals surface area contributed by atoms with Crippen molar-refractivity contribution in [2.45, 2.75) is 50.4 Å². The molecule has 6 nitrogen and oxygen atoms in total. The number of aromatic nitrogens is 2. The number of hydrogen-bond donors (Lipinski definition) is 0. The van der Waals surface area contributed by atoms with Gasteiger partial charge in [0, 0.05) is 5.92 Å². The predicted molar refractivity (Wildman–Crippen MR) is 84.1 cm³/mol. The maximum Gasteiger partial charge on any atom is 0.310 e. The van der Waals surface area contributed by atoms with E-state index in [9.17, 15) is 10.1 Å². The summed E-state index contributed by atoms with van der Waals surface area (Å²) in [6.07, 6.45) is 5.64. The van der Waals surface area contributed by atoms with E-state index in [1.807, 2.05) is 30.3 Å². The zero-order valence-electron chi connectivity index (χ0n) is 12.8. The Morgan fingerprint density at radius 3 is 2.61 bits per heavy atom. The number of nitro groups is 1. The Kier molecular flexibility index (Phi) is 3.61. The van der Waals surface area contributed by atoms with Crippen LogP contribution in [0.25, 0.3) is 0 Å². The molecule has 4 rings (SSSR count). The van der Waals surface area contributed by atoms with E-state index in [2.05, 4.69) is 5.10 Å². The highest BCUT2D eigenvalue weighted by molar-refractivity contribution is 5.38. The Balaban J connectivity index is 1.45. The van der Waals surface area contributed by atoms with Gasteiger partial charge in [-0.25, -0.2) is 0 Å². The van der Waals surface area contributed by atoms with Gasteiger partial charge in [-0.15, -0.1) is 0 Å². The first-order valence-electron chi connectivity index (χ1n) is 8.11. The highest BCUT2D eigenvalue weighted by Gasteiger charge is 2.39. The Hall–Kier alpha value is -2.21. The molecular formula is C17H19N3O3. The fraction of sp³-hybridized carbons (Fsp3) is 0.471. The highest BCUT2D eigenvalue weighted by atomic mass is 16.6. The summed E-state index contributed by atoms with van der Waals surface area (Å²) < 4.78 is 7.75. The minimum atomic E-state index is -0.310. The molecule has 1 aromatic carbocycles. The summed E-state index contributed by atoms with van der Waals surface area (Å²) in [7, 11) is 0. The first-order valence-corrected chi connectivity index (χ1v) is 8.11. The first-order chi connectivity index (χ1) is 11.2. The fourth-order valence-electron chi connectivity index (χ4n) is 3.08. The second kappa shape index (κ2) is 5.77. The number of rotatable bonds is 6. The van der Waals surface area contributed by atoms with Crippen LogP contribution in [0.3, 0.4) is 0 Å². The van der Waals surface area contributed by atoms with Crippen LogP contribution in [0, 0.1) is 10.1 Å². The standard InChI is InChI=1S/C17H19N3O3/c21-20(22)15-10-19(18-17(15)13-6-7-13)14-8-9-16(14)23-11-12-4-2-1-3-5-12/h1-5,10,13-14,16H,6-9,11H2. The van der Waals surface area contributed by atoms with E-state index >= 15 is 0 Å². The van der Waals surface area contributed by atoms with Crippen molar-refractivity contribution >= 4 is 5.69 Å². The van der Waals surface area contributed by atoms with Crippen LogP contribution >= 0.6 is 0 Å². The average molecular weight is 313 g/mol. The van der Waals surface area contributed by atoms with Crippen LogP contribution in [0.4, 0.5) is 5.69 Å². The molecule has 2 aliphatic rings. The summed E-state index contributed by atoms with van der Waals surface area (Å²) in [6.45, 7) is 0.570. The largest absolute Gasteiger partial charge is 0.371 e. The van der Waals surface area contributed by atoms with E-state index in [1.54, 1.807) is 10.9 Å². The fourth-order valence-corrected chi connectivity index (χ4v) is 3.08. The SMILES string of the molecule is O=[N+]([O-])c1cn(C2CCC2OCc2ccccc2)nc1C1CC1. The van der Waals surface area contributed by atoms with Crippen molar-refractivity contribution in [1.29, 1.82) is 0 Å². The normalized spacial score (nSPS) is 23.5. The maximum absolute atomic E-state index is 11.2. The van der Waals surface area contributed by atoms with Crippen LogP contribution in [-0.4, -0.2) is 20.8 Å². The number of ether oxygens (including phenoxy) is 1. The molecule has 1 heterocycles.